The Balaban J connectivity index is 2.28. The highest BCUT2D eigenvalue weighted by molar-refractivity contribution is 5.98. The first kappa shape index (κ1) is 10.0. The molecule has 0 spiro atoms. The fraction of sp³-hybridized carbons (Fsp3) is 0.0625. The summed E-state index contributed by atoms with van der Waals surface area (Å²) in [6.07, 6.45) is 0. The summed E-state index contributed by atoms with van der Waals surface area (Å²) in [6, 6.07) is 19.4. The predicted octanol–water partition coefficient (Wildman–Crippen LogP) is 4.19. The van der Waals surface area contributed by atoms with Crippen molar-refractivity contribution in [2.45, 2.75) is 6.54 Å². The van der Waals surface area contributed by atoms with E-state index < -0.39 is 0 Å². The third kappa shape index (κ3) is 1.80. The van der Waals surface area contributed by atoms with Gasteiger partial charge >= 0.3 is 0 Å². The van der Waals surface area contributed by atoms with Crippen LogP contribution in [0.4, 0.5) is 0 Å². The van der Waals surface area contributed by atoms with Crippen LogP contribution in [-0.4, -0.2) is 6.72 Å². The molecule has 0 atom stereocenters. The van der Waals surface area contributed by atoms with Crippen LogP contribution in [0.2, 0.25) is 0 Å². The first-order valence-corrected chi connectivity index (χ1v) is 5.71. The van der Waals surface area contributed by atoms with Gasteiger partial charge in [-0.25, -0.2) is 0 Å². The summed E-state index contributed by atoms with van der Waals surface area (Å²) in [4.78, 5) is 3.93. The van der Waals surface area contributed by atoms with Crippen LogP contribution in [0.3, 0.4) is 0 Å². The minimum atomic E-state index is 0.683. The molecule has 1 nitrogen and oxygen atoms in total. The van der Waals surface area contributed by atoms with E-state index in [-0.39, 0.29) is 0 Å². The summed E-state index contributed by atoms with van der Waals surface area (Å²) in [7, 11) is 0. The highest BCUT2D eigenvalue weighted by Gasteiger charge is 1.99. The molecule has 0 aliphatic rings. The molecule has 0 unspecified atom stereocenters. The van der Waals surface area contributed by atoms with E-state index in [4.69, 9.17) is 0 Å². The zero-order valence-electron chi connectivity index (χ0n) is 9.56. The number of aliphatic imine (C=N–C) groups is 1. The van der Waals surface area contributed by atoms with Gasteiger partial charge in [0, 0.05) is 0 Å². The smallest absolute Gasteiger partial charge is 0.0632 e. The van der Waals surface area contributed by atoms with Crippen molar-refractivity contribution in [3.05, 3.63) is 60.2 Å². The lowest BCUT2D eigenvalue weighted by atomic mass is 10.0. The third-order valence-corrected chi connectivity index (χ3v) is 3.06. The molecule has 0 amide bonds. The van der Waals surface area contributed by atoms with Gasteiger partial charge in [-0.1, -0.05) is 36.4 Å². The summed E-state index contributed by atoms with van der Waals surface area (Å²) >= 11 is 0. The Labute approximate surface area is 100 Å². The van der Waals surface area contributed by atoms with Crippen molar-refractivity contribution in [1.29, 1.82) is 0 Å². The molecular formula is C16H13N. The normalized spacial score (nSPS) is 10.8. The van der Waals surface area contributed by atoms with E-state index in [9.17, 15) is 0 Å². The molecule has 82 valence electrons. The van der Waals surface area contributed by atoms with Crippen LogP contribution < -0.4 is 0 Å². The van der Waals surface area contributed by atoms with Crippen LogP contribution >= 0.6 is 0 Å². The molecule has 0 saturated carbocycles. The number of hydrogen-bond donors (Lipinski definition) is 0. The molecular weight excluding hydrogens is 206 g/mol. The lowest BCUT2D eigenvalue weighted by Crippen LogP contribution is -1.82. The average Bonchev–Trinajstić information content (AvgIpc) is 2.36. The van der Waals surface area contributed by atoms with Gasteiger partial charge in [0.25, 0.3) is 0 Å². The monoisotopic (exact) mass is 219 g/mol. The molecule has 0 heterocycles. The van der Waals surface area contributed by atoms with Gasteiger partial charge in [0.1, 0.15) is 0 Å². The molecule has 17 heavy (non-hydrogen) atoms. The molecule has 3 aromatic rings. The van der Waals surface area contributed by atoms with Crippen LogP contribution in [0.5, 0.6) is 0 Å². The van der Waals surface area contributed by atoms with Crippen molar-refractivity contribution in [1.82, 2.24) is 0 Å². The van der Waals surface area contributed by atoms with Gasteiger partial charge < -0.3 is 0 Å². The maximum Gasteiger partial charge on any atom is 0.0632 e. The topological polar surface area (TPSA) is 12.4 Å². The number of nitrogens with zero attached hydrogens (tertiary/aromatic N) is 1. The Morgan fingerprint density at radius 1 is 0.765 bits per heavy atom. The fourth-order valence-electron chi connectivity index (χ4n) is 2.22. The summed E-state index contributed by atoms with van der Waals surface area (Å²) in [5.41, 5.74) is 1.21. The molecule has 0 bridgehead atoms. The molecule has 0 aromatic heterocycles. The van der Waals surface area contributed by atoms with E-state index in [0.29, 0.717) is 6.54 Å². The van der Waals surface area contributed by atoms with Gasteiger partial charge in [-0.3, -0.25) is 4.99 Å². The quantitative estimate of drug-likeness (QED) is 0.452. The molecule has 1 heteroatoms. The maximum absolute atomic E-state index is 3.93. The van der Waals surface area contributed by atoms with Crippen LogP contribution in [0.15, 0.2) is 59.6 Å². The summed E-state index contributed by atoms with van der Waals surface area (Å²) in [5, 5.41) is 5.11. The number of fused-ring (bicyclic) bond motifs is 2. The van der Waals surface area contributed by atoms with Crippen molar-refractivity contribution in [3.8, 4) is 0 Å². The Kier molecular flexibility index (Phi) is 2.37. The predicted molar refractivity (Wildman–Crippen MR) is 74.7 cm³/mol. The van der Waals surface area contributed by atoms with Gasteiger partial charge in [0.2, 0.25) is 0 Å². The minimum Gasteiger partial charge on any atom is -0.296 e. The average molecular weight is 219 g/mol. The van der Waals surface area contributed by atoms with Crippen molar-refractivity contribution < 1.29 is 0 Å². The van der Waals surface area contributed by atoms with Crippen LogP contribution in [0.1, 0.15) is 5.56 Å². The van der Waals surface area contributed by atoms with Gasteiger partial charge in [0.05, 0.1) is 6.54 Å². The van der Waals surface area contributed by atoms with Crippen LogP contribution in [-0.2, 0) is 6.54 Å². The fourth-order valence-corrected chi connectivity index (χ4v) is 2.22. The van der Waals surface area contributed by atoms with Crippen molar-refractivity contribution in [2.75, 3.05) is 0 Å². The van der Waals surface area contributed by atoms with E-state index in [2.05, 4.69) is 66.3 Å². The first-order chi connectivity index (χ1) is 8.36. The van der Waals surface area contributed by atoms with Gasteiger partial charge in [-0.15, -0.1) is 0 Å². The number of rotatable bonds is 2. The second-order valence-electron chi connectivity index (χ2n) is 4.26. The van der Waals surface area contributed by atoms with E-state index in [1.54, 1.807) is 0 Å². The SMILES string of the molecule is C=NCc1ccc2cc3ccccc3cc2c1. The molecule has 0 saturated heterocycles. The Bertz CT molecular complexity index is 698. The lowest BCUT2D eigenvalue weighted by molar-refractivity contribution is 1.09. The second kappa shape index (κ2) is 4.02. The molecule has 3 rings (SSSR count). The van der Waals surface area contributed by atoms with Gasteiger partial charge in [-0.2, -0.15) is 0 Å². The van der Waals surface area contributed by atoms with Gasteiger partial charge in [-0.05, 0) is 52.0 Å². The van der Waals surface area contributed by atoms with Gasteiger partial charge in [0.15, 0.2) is 0 Å². The molecule has 0 N–H and O–H groups in total. The van der Waals surface area contributed by atoms with E-state index in [0.717, 1.165) is 0 Å². The highest BCUT2D eigenvalue weighted by atomic mass is 14.7. The zero-order chi connectivity index (χ0) is 11.7. The second-order valence-corrected chi connectivity index (χ2v) is 4.26. The van der Waals surface area contributed by atoms with Crippen LogP contribution in [0, 0.1) is 0 Å². The lowest BCUT2D eigenvalue weighted by Gasteiger charge is -2.04. The molecule has 0 fully saturated rings. The van der Waals surface area contributed by atoms with Crippen molar-refractivity contribution >= 4 is 28.3 Å². The Morgan fingerprint density at radius 3 is 2.12 bits per heavy atom. The van der Waals surface area contributed by atoms with Crippen molar-refractivity contribution in [2.24, 2.45) is 4.99 Å². The van der Waals surface area contributed by atoms with Crippen molar-refractivity contribution in [3.63, 3.8) is 0 Å². The standard InChI is InChI=1S/C16H13N/c1-17-11-12-6-7-15-9-13-4-2-3-5-14(13)10-16(15)8-12/h2-10H,1,11H2. The minimum absolute atomic E-state index is 0.683. The summed E-state index contributed by atoms with van der Waals surface area (Å²) < 4.78 is 0. The largest absolute Gasteiger partial charge is 0.296 e. The van der Waals surface area contributed by atoms with E-state index in [1.165, 1.54) is 27.1 Å². The summed E-state index contributed by atoms with van der Waals surface area (Å²) in [6.45, 7) is 4.22. The van der Waals surface area contributed by atoms with Crippen LogP contribution in [0.25, 0.3) is 21.5 Å². The zero-order valence-corrected chi connectivity index (χ0v) is 9.56. The number of benzene rings is 3. The molecule has 0 aliphatic heterocycles. The third-order valence-electron chi connectivity index (χ3n) is 3.06. The summed E-state index contributed by atoms with van der Waals surface area (Å²) in [5.74, 6) is 0. The van der Waals surface area contributed by atoms with E-state index in [1.807, 2.05) is 0 Å². The molecule has 0 aliphatic carbocycles. The Morgan fingerprint density at radius 2 is 1.41 bits per heavy atom. The Hall–Kier alpha value is -2.15. The van der Waals surface area contributed by atoms with E-state index >= 15 is 0 Å². The molecule has 0 radical (unpaired) electrons. The molecule has 3 aromatic carbocycles. The number of hydrogen-bond acceptors (Lipinski definition) is 1. The highest BCUT2D eigenvalue weighted by Crippen LogP contribution is 2.23. The first-order valence-electron chi connectivity index (χ1n) is 5.71. The maximum atomic E-state index is 3.93.